The van der Waals surface area contributed by atoms with Crippen molar-refractivity contribution in [2.45, 2.75) is 0 Å². The number of rotatable bonds is 4. The van der Waals surface area contributed by atoms with E-state index in [2.05, 4.69) is 15.3 Å². The summed E-state index contributed by atoms with van der Waals surface area (Å²) in [5.74, 6) is -0.476. The zero-order chi connectivity index (χ0) is 17.8. The molecule has 132 valence electrons. The molecule has 25 heavy (non-hydrogen) atoms. The fourth-order valence-corrected chi connectivity index (χ4v) is 3.78. The predicted molar refractivity (Wildman–Crippen MR) is 101 cm³/mol. The quantitative estimate of drug-likeness (QED) is 0.607. The van der Waals surface area contributed by atoms with E-state index in [1.165, 1.54) is 16.7 Å². The number of hydrogen-bond donors (Lipinski definition) is 1. The summed E-state index contributed by atoms with van der Waals surface area (Å²) in [6.45, 7) is 3.26. The second-order valence-corrected chi connectivity index (χ2v) is 7.56. The molecule has 1 aromatic heterocycles. The van der Waals surface area contributed by atoms with Crippen molar-refractivity contribution < 1.29 is 9.59 Å². The highest BCUT2D eigenvalue weighted by Gasteiger charge is 2.33. The number of aromatic nitrogens is 1. The predicted octanol–water partition coefficient (Wildman–Crippen LogP) is 0.561. The number of amides is 2. The Kier molecular flexibility index (Phi) is 5.79. The van der Waals surface area contributed by atoms with Gasteiger partial charge < -0.3 is 4.90 Å². The van der Waals surface area contributed by atoms with Crippen LogP contribution in [0.5, 0.6) is 0 Å². The van der Waals surface area contributed by atoms with E-state index in [0.29, 0.717) is 9.23 Å². The Labute approximate surface area is 156 Å². The molecule has 0 aliphatic carbocycles. The SMILES string of the molecule is CN1CCN(NC(=O)CN2C(=O)/C(=C/c3cccnc3)SC2=S)CC1. The summed E-state index contributed by atoms with van der Waals surface area (Å²) >= 11 is 6.47. The number of piperazine rings is 1. The van der Waals surface area contributed by atoms with Crippen LogP contribution < -0.4 is 5.43 Å². The van der Waals surface area contributed by atoms with Crippen molar-refractivity contribution in [1.82, 2.24) is 25.2 Å². The summed E-state index contributed by atoms with van der Waals surface area (Å²) in [5, 5.41) is 1.88. The second kappa shape index (κ2) is 8.05. The molecule has 7 nitrogen and oxygen atoms in total. The molecule has 0 bridgehead atoms. The number of nitrogens with zero attached hydrogens (tertiary/aromatic N) is 4. The van der Waals surface area contributed by atoms with Gasteiger partial charge in [0.05, 0.1) is 4.91 Å². The molecule has 1 aromatic rings. The maximum Gasteiger partial charge on any atom is 0.266 e. The molecule has 2 fully saturated rings. The Hall–Kier alpha value is -1.81. The van der Waals surface area contributed by atoms with Gasteiger partial charge in [0.1, 0.15) is 10.9 Å². The molecule has 0 unspecified atom stereocenters. The number of carbonyl (C=O) groups excluding carboxylic acids is 2. The molecule has 3 heterocycles. The van der Waals surface area contributed by atoms with E-state index in [-0.39, 0.29) is 18.4 Å². The molecule has 2 aliphatic heterocycles. The zero-order valence-electron chi connectivity index (χ0n) is 13.8. The van der Waals surface area contributed by atoms with Crippen LogP contribution in [0, 0.1) is 0 Å². The van der Waals surface area contributed by atoms with E-state index < -0.39 is 0 Å². The average Bonchev–Trinajstić information content (AvgIpc) is 2.85. The van der Waals surface area contributed by atoms with E-state index in [1.54, 1.807) is 24.5 Å². The Morgan fingerprint density at radius 3 is 2.84 bits per heavy atom. The first kappa shape index (κ1) is 18.0. The van der Waals surface area contributed by atoms with Gasteiger partial charge in [-0.1, -0.05) is 30.0 Å². The van der Waals surface area contributed by atoms with E-state index in [0.717, 1.165) is 31.7 Å². The van der Waals surface area contributed by atoms with Crippen molar-refractivity contribution in [2.75, 3.05) is 39.8 Å². The molecule has 0 spiro atoms. The first-order valence-electron chi connectivity index (χ1n) is 7.91. The summed E-state index contributed by atoms with van der Waals surface area (Å²) in [6, 6.07) is 3.66. The van der Waals surface area contributed by atoms with Gasteiger partial charge in [0.15, 0.2) is 0 Å². The maximum atomic E-state index is 12.5. The lowest BCUT2D eigenvalue weighted by molar-refractivity contribution is -0.132. The van der Waals surface area contributed by atoms with Gasteiger partial charge in [0.25, 0.3) is 11.8 Å². The maximum absolute atomic E-state index is 12.5. The van der Waals surface area contributed by atoms with E-state index >= 15 is 0 Å². The second-order valence-electron chi connectivity index (χ2n) is 5.88. The molecule has 0 radical (unpaired) electrons. The summed E-state index contributed by atoms with van der Waals surface area (Å²) < 4.78 is 0.397. The number of hydrogen-bond acceptors (Lipinski definition) is 7. The van der Waals surface area contributed by atoms with Crippen molar-refractivity contribution in [2.24, 2.45) is 0 Å². The normalized spacial score (nSPS) is 21.2. The van der Waals surface area contributed by atoms with Crippen molar-refractivity contribution in [3.63, 3.8) is 0 Å². The molecule has 0 aromatic carbocycles. The topological polar surface area (TPSA) is 68.8 Å². The molecular formula is C16H19N5O2S2. The van der Waals surface area contributed by atoms with Gasteiger partial charge in [-0.3, -0.25) is 24.9 Å². The fraction of sp³-hybridized carbons (Fsp3) is 0.375. The Morgan fingerprint density at radius 2 is 2.16 bits per heavy atom. The molecular weight excluding hydrogens is 358 g/mol. The van der Waals surface area contributed by atoms with Gasteiger partial charge in [-0.2, -0.15) is 0 Å². The minimum Gasteiger partial charge on any atom is -0.304 e. The summed E-state index contributed by atoms with van der Waals surface area (Å²) in [6.07, 6.45) is 5.09. The highest BCUT2D eigenvalue weighted by Crippen LogP contribution is 2.32. The van der Waals surface area contributed by atoms with Crippen molar-refractivity contribution in [1.29, 1.82) is 0 Å². The number of likely N-dealkylation sites (N-methyl/N-ethyl adjacent to an activating group) is 1. The molecule has 2 saturated heterocycles. The number of thiocarbonyl (C=S) groups is 1. The molecule has 0 saturated carbocycles. The van der Waals surface area contributed by atoms with E-state index in [9.17, 15) is 9.59 Å². The molecule has 2 aliphatic rings. The highest BCUT2D eigenvalue weighted by molar-refractivity contribution is 8.26. The zero-order valence-corrected chi connectivity index (χ0v) is 15.5. The summed E-state index contributed by atoms with van der Waals surface area (Å²) in [4.78, 5) is 32.8. The van der Waals surface area contributed by atoms with E-state index in [1.807, 2.05) is 18.1 Å². The summed E-state index contributed by atoms with van der Waals surface area (Å²) in [5.41, 5.74) is 3.67. The van der Waals surface area contributed by atoms with Gasteiger partial charge in [0.2, 0.25) is 0 Å². The first-order valence-corrected chi connectivity index (χ1v) is 9.14. The number of thioether (sulfide) groups is 1. The van der Waals surface area contributed by atoms with Crippen LogP contribution in [0.4, 0.5) is 0 Å². The highest BCUT2D eigenvalue weighted by atomic mass is 32.2. The summed E-state index contributed by atoms with van der Waals surface area (Å²) in [7, 11) is 2.05. The Bertz CT molecular complexity index is 702. The minimum absolute atomic E-state index is 0.0681. The third-order valence-corrected chi connectivity index (χ3v) is 5.32. The largest absolute Gasteiger partial charge is 0.304 e. The van der Waals surface area contributed by atoms with Crippen LogP contribution in [0.1, 0.15) is 5.56 Å². The standard InChI is InChI=1S/C16H19N5O2S2/c1-19-5-7-20(8-6-19)18-14(22)11-21-15(23)13(25-16(21)24)9-12-3-2-4-17-10-12/h2-4,9-10H,5-8,11H2,1H3,(H,18,22)/b13-9-. The lowest BCUT2D eigenvalue weighted by atomic mass is 10.2. The number of hydrazine groups is 1. The van der Waals surface area contributed by atoms with Crippen LogP contribution in [0.15, 0.2) is 29.4 Å². The third kappa shape index (κ3) is 4.63. The van der Waals surface area contributed by atoms with Gasteiger partial charge >= 0.3 is 0 Å². The number of carbonyl (C=O) groups is 2. The van der Waals surface area contributed by atoms with Crippen LogP contribution >= 0.6 is 24.0 Å². The van der Waals surface area contributed by atoms with Crippen molar-refractivity contribution >= 4 is 46.2 Å². The van der Waals surface area contributed by atoms with Crippen LogP contribution in [-0.2, 0) is 9.59 Å². The van der Waals surface area contributed by atoms with Crippen LogP contribution in [0.3, 0.4) is 0 Å². The van der Waals surface area contributed by atoms with Gasteiger partial charge in [-0.05, 0) is 24.8 Å². The lowest BCUT2D eigenvalue weighted by Crippen LogP contribution is -2.54. The molecule has 1 N–H and O–H groups in total. The van der Waals surface area contributed by atoms with Crippen molar-refractivity contribution in [3.05, 3.63) is 35.0 Å². The average molecular weight is 377 g/mol. The van der Waals surface area contributed by atoms with Gasteiger partial charge in [-0.15, -0.1) is 0 Å². The Morgan fingerprint density at radius 1 is 1.40 bits per heavy atom. The number of nitrogens with one attached hydrogen (secondary N) is 1. The smallest absolute Gasteiger partial charge is 0.266 e. The monoisotopic (exact) mass is 377 g/mol. The third-order valence-electron chi connectivity index (χ3n) is 3.94. The van der Waals surface area contributed by atoms with Crippen molar-refractivity contribution in [3.8, 4) is 0 Å². The molecule has 2 amide bonds. The minimum atomic E-state index is -0.243. The van der Waals surface area contributed by atoms with Gasteiger partial charge in [-0.25, -0.2) is 5.01 Å². The van der Waals surface area contributed by atoms with Crippen LogP contribution in [0.25, 0.3) is 6.08 Å². The number of pyridine rings is 1. The molecule has 3 rings (SSSR count). The van der Waals surface area contributed by atoms with Crippen LogP contribution in [-0.4, -0.2) is 75.7 Å². The first-order chi connectivity index (χ1) is 12.0. The van der Waals surface area contributed by atoms with Crippen LogP contribution in [0.2, 0.25) is 0 Å². The molecule has 0 atom stereocenters. The molecule has 9 heteroatoms. The van der Waals surface area contributed by atoms with E-state index in [4.69, 9.17) is 12.2 Å². The Balaban J connectivity index is 1.59. The fourth-order valence-electron chi connectivity index (χ4n) is 2.52. The lowest BCUT2D eigenvalue weighted by Gasteiger charge is -2.32. The van der Waals surface area contributed by atoms with Gasteiger partial charge in [0, 0.05) is 38.6 Å².